The van der Waals surface area contributed by atoms with Crippen LogP contribution in [0.25, 0.3) is 0 Å². The Morgan fingerprint density at radius 3 is 2.45 bits per heavy atom. The quantitative estimate of drug-likeness (QED) is 0.876. The fraction of sp³-hybridized carbons (Fsp3) is 0.267. The highest BCUT2D eigenvalue weighted by Crippen LogP contribution is 2.19. The molecule has 0 spiro atoms. The van der Waals surface area contributed by atoms with Crippen LogP contribution >= 0.6 is 0 Å². The summed E-state index contributed by atoms with van der Waals surface area (Å²) < 4.78 is 32.5. The highest BCUT2D eigenvalue weighted by molar-refractivity contribution is 7.89. The normalized spacial score (nSPS) is 13.0. The summed E-state index contributed by atoms with van der Waals surface area (Å²) in [5, 5.41) is 8.74. The van der Waals surface area contributed by atoms with Crippen LogP contribution in [0, 0.1) is 11.3 Å². The minimum absolute atomic E-state index is 0.128. The number of sulfonamides is 1. The monoisotopic (exact) mass is 319 g/mol. The van der Waals surface area contributed by atoms with E-state index in [1.807, 2.05) is 25.1 Å². The Kier molecular flexibility index (Phi) is 4.98. The van der Waals surface area contributed by atoms with Crippen LogP contribution in [0.3, 0.4) is 0 Å². The zero-order chi connectivity index (χ0) is 16.2. The number of benzene rings is 1. The van der Waals surface area contributed by atoms with Crippen LogP contribution in [-0.4, -0.2) is 34.0 Å². The van der Waals surface area contributed by atoms with Crippen molar-refractivity contribution in [1.82, 2.24) is 9.62 Å². The van der Waals surface area contributed by atoms with Crippen LogP contribution in [0.2, 0.25) is 0 Å². The smallest absolute Gasteiger partial charge is 0.240 e. The number of rotatable bonds is 6. The van der Waals surface area contributed by atoms with Crippen molar-refractivity contribution in [3.05, 3.63) is 54.0 Å². The molecule has 2 aromatic rings. The van der Waals surface area contributed by atoms with E-state index in [0.29, 0.717) is 11.3 Å². The van der Waals surface area contributed by atoms with Crippen molar-refractivity contribution in [3.63, 3.8) is 0 Å². The molecule has 0 fully saturated rings. The first-order valence-corrected chi connectivity index (χ1v) is 8.12. The van der Waals surface area contributed by atoms with E-state index in [1.54, 1.807) is 18.4 Å². The van der Waals surface area contributed by atoms with Gasteiger partial charge < -0.3 is 4.42 Å². The Bertz CT molecular complexity index is 744. The predicted octanol–water partition coefficient (Wildman–Crippen LogP) is 1.73. The lowest BCUT2D eigenvalue weighted by Gasteiger charge is -2.22. The summed E-state index contributed by atoms with van der Waals surface area (Å²) in [6.45, 7) is 0.183. The first kappa shape index (κ1) is 16.2. The first-order chi connectivity index (χ1) is 10.4. The minimum atomic E-state index is -3.63. The molecule has 0 saturated carbocycles. The van der Waals surface area contributed by atoms with E-state index in [4.69, 9.17) is 9.68 Å². The lowest BCUT2D eigenvalue weighted by molar-refractivity contribution is 0.259. The standard InChI is InChI=1S/C15H17N3O3S/c1-18(2)14(15-4-3-9-21-15)11-17-22(19,20)13-7-5-12(10-16)6-8-13/h3-9,14,17H,11H2,1-2H3. The third-order valence-electron chi connectivity index (χ3n) is 3.26. The molecular formula is C15H17N3O3S. The average Bonchev–Trinajstić information content (AvgIpc) is 3.01. The van der Waals surface area contributed by atoms with Gasteiger partial charge in [0, 0.05) is 6.54 Å². The van der Waals surface area contributed by atoms with Crippen LogP contribution < -0.4 is 4.72 Å². The van der Waals surface area contributed by atoms with Gasteiger partial charge in [0.2, 0.25) is 10.0 Å². The molecule has 0 saturated heterocycles. The molecule has 0 amide bonds. The molecule has 1 unspecified atom stereocenters. The summed E-state index contributed by atoms with van der Waals surface area (Å²) in [5.41, 5.74) is 0.417. The van der Waals surface area contributed by atoms with Crippen LogP contribution in [0.4, 0.5) is 0 Å². The number of nitriles is 1. The molecule has 22 heavy (non-hydrogen) atoms. The Morgan fingerprint density at radius 1 is 1.27 bits per heavy atom. The number of likely N-dealkylation sites (N-methyl/N-ethyl adjacent to an activating group) is 1. The second-order valence-electron chi connectivity index (χ2n) is 4.98. The SMILES string of the molecule is CN(C)C(CNS(=O)(=O)c1ccc(C#N)cc1)c1ccco1. The van der Waals surface area contributed by atoms with Gasteiger partial charge in [-0.05, 0) is 50.5 Å². The molecule has 1 heterocycles. The van der Waals surface area contributed by atoms with Gasteiger partial charge in [0.15, 0.2) is 0 Å². The minimum Gasteiger partial charge on any atom is -0.468 e. The summed E-state index contributed by atoms with van der Waals surface area (Å²) in [4.78, 5) is 2.00. The number of hydrogen-bond donors (Lipinski definition) is 1. The fourth-order valence-corrected chi connectivity index (χ4v) is 3.04. The van der Waals surface area contributed by atoms with Gasteiger partial charge >= 0.3 is 0 Å². The van der Waals surface area contributed by atoms with Crippen LogP contribution in [0.15, 0.2) is 52.0 Å². The van der Waals surface area contributed by atoms with Crippen molar-refractivity contribution < 1.29 is 12.8 Å². The van der Waals surface area contributed by atoms with E-state index in [0.717, 1.165) is 0 Å². The van der Waals surface area contributed by atoms with Gasteiger partial charge in [-0.1, -0.05) is 0 Å². The Morgan fingerprint density at radius 2 is 1.95 bits per heavy atom. The summed E-state index contributed by atoms with van der Waals surface area (Å²) in [7, 11) is 0.0681. The largest absolute Gasteiger partial charge is 0.468 e. The van der Waals surface area contributed by atoms with E-state index >= 15 is 0 Å². The average molecular weight is 319 g/mol. The number of nitrogens with zero attached hydrogens (tertiary/aromatic N) is 2. The summed E-state index contributed by atoms with van der Waals surface area (Å²) in [6, 6.07) is 11.1. The molecule has 0 aliphatic heterocycles. The van der Waals surface area contributed by atoms with Gasteiger partial charge in [0.1, 0.15) is 5.76 Å². The van der Waals surface area contributed by atoms with Gasteiger partial charge in [-0.3, -0.25) is 4.90 Å². The molecule has 7 heteroatoms. The Hall–Kier alpha value is -2.14. The Labute approximate surface area is 130 Å². The Balaban J connectivity index is 2.12. The van der Waals surface area contributed by atoms with E-state index in [1.165, 1.54) is 24.3 Å². The third-order valence-corrected chi connectivity index (χ3v) is 4.69. The van der Waals surface area contributed by atoms with Crippen molar-refractivity contribution >= 4 is 10.0 Å². The maximum Gasteiger partial charge on any atom is 0.240 e. The van der Waals surface area contributed by atoms with Crippen LogP contribution in [0.1, 0.15) is 17.4 Å². The van der Waals surface area contributed by atoms with E-state index in [9.17, 15) is 8.42 Å². The van der Waals surface area contributed by atoms with Gasteiger partial charge in [0.05, 0.1) is 28.8 Å². The predicted molar refractivity (Wildman–Crippen MR) is 81.5 cm³/mol. The molecule has 1 aromatic heterocycles. The number of hydrogen-bond acceptors (Lipinski definition) is 5. The molecule has 1 atom stereocenters. The van der Waals surface area contributed by atoms with Crippen LogP contribution in [0.5, 0.6) is 0 Å². The lowest BCUT2D eigenvalue weighted by Crippen LogP contribution is -2.34. The molecule has 0 radical (unpaired) electrons. The zero-order valence-corrected chi connectivity index (χ0v) is 13.2. The first-order valence-electron chi connectivity index (χ1n) is 6.63. The lowest BCUT2D eigenvalue weighted by atomic mass is 10.2. The van der Waals surface area contributed by atoms with Crippen molar-refractivity contribution in [2.24, 2.45) is 0 Å². The van der Waals surface area contributed by atoms with E-state index < -0.39 is 10.0 Å². The topological polar surface area (TPSA) is 86.3 Å². The molecular weight excluding hydrogens is 302 g/mol. The van der Waals surface area contributed by atoms with Gasteiger partial charge in [-0.2, -0.15) is 5.26 Å². The molecule has 2 rings (SSSR count). The van der Waals surface area contributed by atoms with Gasteiger partial charge in [-0.25, -0.2) is 13.1 Å². The van der Waals surface area contributed by atoms with Crippen LogP contribution in [-0.2, 0) is 10.0 Å². The van der Waals surface area contributed by atoms with E-state index in [2.05, 4.69) is 4.72 Å². The summed E-state index contributed by atoms with van der Waals surface area (Å²) >= 11 is 0. The highest BCUT2D eigenvalue weighted by atomic mass is 32.2. The van der Waals surface area contributed by atoms with Crippen molar-refractivity contribution in [2.75, 3.05) is 20.6 Å². The molecule has 0 aliphatic rings. The van der Waals surface area contributed by atoms with Crippen molar-refractivity contribution in [2.45, 2.75) is 10.9 Å². The number of nitrogens with one attached hydrogen (secondary N) is 1. The number of furan rings is 1. The van der Waals surface area contributed by atoms with E-state index in [-0.39, 0.29) is 17.5 Å². The maximum absolute atomic E-state index is 12.3. The second-order valence-corrected chi connectivity index (χ2v) is 6.75. The van der Waals surface area contributed by atoms with Crippen molar-refractivity contribution in [3.8, 4) is 6.07 Å². The highest BCUT2D eigenvalue weighted by Gasteiger charge is 2.21. The summed E-state index contributed by atoms with van der Waals surface area (Å²) in [6.07, 6.45) is 1.56. The van der Waals surface area contributed by atoms with Gasteiger partial charge in [-0.15, -0.1) is 0 Å². The molecule has 6 nitrogen and oxygen atoms in total. The molecule has 116 valence electrons. The zero-order valence-electron chi connectivity index (χ0n) is 12.4. The molecule has 0 bridgehead atoms. The molecule has 1 N–H and O–H groups in total. The third kappa shape index (κ3) is 3.74. The molecule has 1 aromatic carbocycles. The fourth-order valence-electron chi connectivity index (χ4n) is 2.00. The van der Waals surface area contributed by atoms with Crippen molar-refractivity contribution in [1.29, 1.82) is 5.26 Å². The van der Waals surface area contributed by atoms with Gasteiger partial charge in [0.25, 0.3) is 0 Å². The maximum atomic E-state index is 12.3. The second kappa shape index (κ2) is 6.75. The summed E-state index contributed by atoms with van der Waals surface area (Å²) in [5.74, 6) is 0.688. The molecule has 0 aliphatic carbocycles.